The van der Waals surface area contributed by atoms with Crippen molar-refractivity contribution in [2.24, 2.45) is 0 Å². The Morgan fingerprint density at radius 2 is 1.93 bits per heavy atom. The lowest BCUT2D eigenvalue weighted by molar-refractivity contribution is -0.117. The van der Waals surface area contributed by atoms with Gasteiger partial charge < -0.3 is 15.0 Å². The zero-order chi connectivity index (χ0) is 20.0. The van der Waals surface area contributed by atoms with E-state index in [0.29, 0.717) is 17.1 Å². The predicted molar refractivity (Wildman–Crippen MR) is 105 cm³/mol. The number of amides is 2. The Bertz CT molecular complexity index is 827. The normalized spacial score (nSPS) is 10.6. The summed E-state index contributed by atoms with van der Waals surface area (Å²) in [5.41, 5.74) is 1.00. The van der Waals surface area contributed by atoms with E-state index in [1.54, 1.807) is 18.2 Å². The highest BCUT2D eigenvalue weighted by Crippen LogP contribution is 2.26. The highest BCUT2D eigenvalue weighted by Gasteiger charge is 2.16. The molecular formula is C20H22ClFN2O3. The third-order valence-electron chi connectivity index (χ3n) is 3.68. The fourth-order valence-corrected chi connectivity index (χ4v) is 2.65. The first-order valence-corrected chi connectivity index (χ1v) is 8.94. The maximum absolute atomic E-state index is 13.3. The van der Waals surface area contributed by atoms with Gasteiger partial charge in [0.1, 0.15) is 11.6 Å². The molecule has 2 aromatic rings. The second-order valence-corrected chi connectivity index (χ2v) is 6.64. The molecule has 0 saturated carbocycles. The Balaban J connectivity index is 2.04. The van der Waals surface area contributed by atoms with E-state index < -0.39 is 5.82 Å². The number of hydrogen-bond donors (Lipinski definition) is 1. The van der Waals surface area contributed by atoms with Gasteiger partial charge in [0.25, 0.3) is 0 Å². The smallest absolute Gasteiger partial charge is 0.226 e. The number of ether oxygens (including phenoxy) is 1. The Labute approximate surface area is 163 Å². The maximum atomic E-state index is 13.3. The van der Waals surface area contributed by atoms with Crippen LogP contribution in [0.4, 0.5) is 15.8 Å². The minimum atomic E-state index is -0.566. The van der Waals surface area contributed by atoms with Crippen molar-refractivity contribution < 1.29 is 18.7 Å². The fraction of sp³-hybridized carbons (Fsp3) is 0.300. The summed E-state index contributed by atoms with van der Waals surface area (Å²) in [6.45, 7) is 5.31. The van der Waals surface area contributed by atoms with Crippen LogP contribution in [0.15, 0.2) is 42.5 Å². The monoisotopic (exact) mass is 392 g/mol. The van der Waals surface area contributed by atoms with Gasteiger partial charge in [-0.1, -0.05) is 23.7 Å². The first kappa shape index (κ1) is 20.7. The number of para-hydroxylation sites is 2. The molecule has 0 bridgehead atoms. The van der Waals surface area contributed by atoms with Crippen LogP contribution < -0.4 is 15.0 Å². The van der Waals surface area contributed by atoms with E-state index in [9.17, 15) is 14.0 Å². The minimum absolute atomic E-state index is 0.0283. The quantitative estimate of drug-likeness (QED) is 0.746. The van der Waals surface area contributed by atoms with Crippen LogP contribution in [0.2, 0.25) is 5.02 Å². The molecule has 0 saturated heterocycles. The summed E-state index contributed by atoms with van der Waals surface area (Å²) in [5, 5.41) is 2.71. The van der Waals surface area contributed by atoms with E-state index in [4.69, 9.17) is 16.3 Å². The molecule has 0 unspecified atom stereocenters. The van der Waals surface area contributed by atoms with Crippen molar-refractivity contribution in [1.29, 1.82) is 0 Å². The zero-order valence-corrected chi connectivity index (χ0v) is 16.2. The molecule has 2 rings (SSSR count). The van der Waals surface area contributed by atoms with Gasteiger partial charge in [0.2, 0.25) is 11.8 Å². The van der Waals surface area contributed by atoms with E-state index in [-0.39, 0.29) is 35.9 Å². The fourth-order valence-electron chi connectivity index (χ4n) is 2.47. The molecule has 144 valence electrons. The molecule has 7 heteroatoms. The summed E-state index contributed by atoms with van der Waals surface area (Å²) in [5.74, 6) is -0.527. The van der Waals surface area contributed by atoms with Gasteiger partial charge in [-0.05, 0) is 44.2 Å². The molecule has 27 heavy (non-hydrogen) atoms. The highest BCUT2D eigenvalue weighted by molar-refractivity contribution is 6.31. The lowest BCUT2D eigenvalue weighted by Crippen LogP contribution is -2.32. The number of nitrogens with zero attached hydrogens (tertiary/aromatic N) is 1. The van der Waals surface area contributed by atoms with Crippen LogP contribution in [0.3, 0.4) is 0 Å². The molecule has 0 fully saturated rings. The van der Waals surface area contributed by atoms with Gasteiger partial charge in [-0.15, -0.1) is 0 Å². The van der Waals surface area contributed by atoms with Gasteiger partial charge in [0, 0.05) is 25.6 Å². The maximum Gasteiger partial charge on any atom is 0.226 e. The Kier molecular flexibility index (Phi) is 7.19. The standard InChI is InChI=1S/C20H22ClFN2O3/c1-13(2)27-19-7-5-4-6-18(19)23-20(26)10-11-24(14(3)25)15-8-9-17(22)16(21)12-15/h4-9,12-13H,10-11H2,1-3H3,(H,23,26). The molecule has 0 heterocycles. The Hall–Kier alpha value is -2.60. The number of halogens is 2. The summed E-state index contributed by atoms with van der Waals surface area (Å²) in [6, 6.07) is 11.1. The molecule has 1 N–H and O–H groups in total. The van der Waals surface area contributed by atoms with Crippen molar-refractivity contribution in [3.05, 3.63) is 53.3 Å². The van der Waals surface area contributed by atoms with E-state index >= 15 is 0 Å². The number of anilines is 2. The highest BCUT2D eigenvalue weighted by atomic mass is 35.5. The zero-order valence-electron chi connectivity index (χ0n) is 15.5. The second kappa shape index (κ2) is 9.37. The molecular weight excluding hydrogens is 371 g/mol. The molecule has 0 aliphatic rings. The van der Waals surface area contributed by atoms with Gasteiger partial charge in [-0.3, -0.25) is 9.59 Å². The largest absolute Gasteiger partial charge is 0.489 e. The molecule has 0 aliphatic carbocycles. The molecule has 2 aromatic carbocycles. The molecule has 5 nitrogen and oxygen atoms in total. The Morgan fingerprint density at radius 3 is 2.56 bits per heavy atom. The summed E-state index contributed by atoms with van der Waals surface area (Å²) in [4.78, 5) is 25.6. The van der Waals surface area contributed by atoms with Crippen molar-refractivity contribution in [2.45, 2.75) is 33.3 Å². The van der Waals surface area contributed by atoms with E-state index in [1.807, 2.05) is 19.9 Å². The van der Waals surface area contributed by atoms with Crippen LogP contribution in [0.5, 0.6) is 5.75 Å². The summed E-state index contributed by atoms with van der Waals surface area (Å²) in [7, 11) is 0. The van der Waals surface area contributed by atoms with Crippen LogP contribution in [0, 0.1) is 5.82 Å². The number of nitrogens with one attached hydrogen (secondary N) is 1. The number of carbonyl (C=O) groups excluding carboxylic acids is 2. The SMILES string of the molecule is CC(=O)N(CCC(=O)Nc1ccccc1OC(C)C)c1ccc(F)c(Cl)c1. The molecule has 0 aliphatic heterocycles. The number of rotatable bonds is 7. The lowest BCUT2D eigenvalue weighted by Gasteiger charge is -2.21. The summed E-state index contributed by atoms with van der Waals surface area (Å²) >= 11 is 5.79. The summed E-state index contributed by atoms with van der Waals surface area (Å²) in [6.07, 6.45) is 0.0318. The van der Waals surface area contributed by atoms with Crippen molar-refractivity contribution in [2.75, 3.05) is 16.8 Å². The van der Waals surface area contributed by atoms with E-state index in [1.165, 1.54) is 30.0 Å². The van der Waals surface area contributed by atoms with Crippen molar-refractivity contribution >= 4 is 34.8 Å². The minimum Gasteiger partial charge on any atom is -0.489 e. The van der Waals surface area contributed by atoms with Gasteiger partial charge in [-0.2, -0.15) is 0 Å². The molecule has 0 radical (unpaired) electrons. The molecule has 0 spiro atoms. The molecule has 0 atom stereocenters. The van der Waals surface area contributed by atoms with Crippen molar-refractivity contribution in [3.63, 3.8) is 0 Å². The average Bonchev–Trinajstić information content (AvgIpc) is 2.59. The third-order valence-corrected chi connectivity index (χ3v) is 3.97. The Morgan fingerprint density at radius 1 is 1.22 bits per heavy atom. The van der Waals surface area contributed by atoms with Crippen LogP contribution in [-0.2, 0) is 9.59 Å². The lowest BCUT2D eigenvalue weighted by atomic mass is 10.2. The molecule has 0 aromatic heterocycles. The van der Waals surface area contributed by atoms with Crippen LogP contribution >= 0.6 is 11.6 Å². The topological polar surface area (TPSA) is 58.6 Å². The molecule has 2 amide bonds. The van der Waals surface area contributed by atoms with Crippen LogP contribution in [-0.4, -0.2) is 24.5 Å². The van der Waals surface area contributed by atoms with Gasteiger partial charge >= 0.3 is 0 Å². The average molecular weight is 393 g/mol. The van der Waals surface area contributed by atoms with E-state index in [2.05, 4.69) is 5.32 Å². The van der Waals surface area contributed by atoms with Crippen molar-refractivity contribution in [1.82, 2.24) is 0 Å². The van der Waals surface area contributed by atoms with Crippen molar-refractivity contribution in [3.8, 4) is 5.75 Å². The van der Waals surface area contributed by atoms with Gasteiger partial charge in [0.05, 0.1) is 16.8 Å². The predicted octanol–water partition coefficient (Wildman–Crippen LogP) is 4.65. The van der Waals surface area contributed by atoms with Gasteiger partial charge in [0.15, 0.2) is 0 Å². The van der Waals surface area contributed by atoms with E-state index in [0.717, 1.165) is 0 Å². The van der Waals surface area contributed by atoms with Crippen LogP contribution in [0.1, 0.15) is 27.2 Å². The number of benzene rings is 2. The third kappa shape index (κ3) is 5.96. The summed E-state index contributed by atoms with van der Waals surface area (Å²) < 4.78 is 19.0. The second-order valence-electron chi connectivity index (χ2n) is 6.23. The first-order valence-electron chi connectivity index (χ1n) is 8.56. The number of carbonyl (C=O) groups is 2. The number of hydrogen-bond acceptors (Lipinski definition) is 3. The first-order chi connectivity index (χ1) is 12.8. The van der Waals surface area contributed by atoms with Crippen LogP contribution in [0.25, 0.3) is 0 Å². The van der Waals surface area contributed by atoms with Gasteiger partial charge in [-0.25, -0.2) is 4.39 Å².